The number of rotatable bonds is 8. The first kappa shape index (κ1) is 26.5. The minimum atomic E-state index is -0.538. The number of ether oxygens (including phenoxy) is 3. The van der Waals surface area contributed by atoms with Crippen LogP contribution in [0.4, 0.5) is 0 Å². The first-order valence-electron chi connectivity index (χ1n) is 12.2. The summed E-state index contributed by atoms with van der Waals surface area (Å²) in [7, 11) is 3.11. The number of esters is 1. The lowest BCUT2D eigenvalue weighted by atomic mass is 10.0. The van der Waals surface area contributed by atoms with Gasteiger partial charge in [0.1, 0.15) is 22.9 Å². The fourth-order valence-corrected chi connectivity index (χ4v) is 4.49. The molecule has 0 saturated heterocycles. The van der Waals surface area contributed by atoms with Gasteiger partial charge < -0.3 is 19.2 Å². The molecule has 5 rings (SSSR count). The zero-order valence-electron chi connectivity index (χ0n) is 21.6. The Morgan fingerprint density at radius 3 is 2.33 bits per heavy atom. The number of hydrazone groups is 1. The highest BCUT2D eigenvalue weighted by Crippen LogP contribution is 2.39. The van der Waals surface area contributed by atoms with Crippen LogP contribution in [-0.2, 0) is 0 Å². The van der Waals surface area contributed by atoms with E-state index < -0.39 is 11.9 Å². The fraction of sp³-hybridized carbons (Fsp3) is 0.0645. The molecule has 0 aliphatic carbocycles. The third-order valence-electron chi connectivity index (χ3n) is 6.20. The molecule has 1 aromatic heterocycles. The molecule has 0 bridgehead atoms. The molecule has 0 unspecified atom stereocenters. The number of methoxy groups -OCH3 is 2. The Morgan fingerprint density at radius 1 is 0.850 bits per heavy atom. The quantitative estimate of drug-likeness (QED) is 0.0989. The van der Waals surface area contributed by atoms with E-state index in [-0.39, 0.29) is 11.4 Å². The Balaban J connectivity index is 1.41. The number of halogens is 1. The number of H-pyrrole nitrogens is 1. The van der Waals surface area contributed by atoms with Crippen molar-refractivity contribution >= 4 is 40.6 Å². The van der Waals surface area contributed by atoms with Crippen LogP contribution in [0, 0.1) is 0 Å². The monoisotopic (exact) mass is 553 g/mol. The van der Waals surface area contributed by atoms with Crippen molar-refractivity contribution in [2.75, 3.05) is 14.2 Å². The third kappa shape index (κ3) is 5.39. The number of nitrogens with zero attached hydrogens (tertiary/aromatic N) is 1. The van der Waals surface area contributed by atoms with E-state index in [0.29, 0.717) is 44.3 Å². The van der Waals surface area contributed by atoms with Crippen molar-refractivity contribution < 1.29 is 23.8 Å². The van der Waals surface area contributed by atoms with Crippen molar-refractivity contribution in [3.05, 3.63) is 113 Å². The van der Waals surface area contributed by atoms with E-state index in [4.69, 9.17) is 25.8 Å². The Morgan fingerprint density at radius 2 is 1.57 bits per heavy atom. The molecule has 0 saturated carbocycles. The smallest absolute Gasteiger partial charge is 0.343 e. The molecule has 0 atom stereocenters. The molecule has 200 valence electrons. The summed E-state index contributed by atoms with van der Waals surface area (Å²) in [5, 5.41) is 5.41. The molecule has 1 amide bonds. The van der Waals surface area contributed by atoms with Crippen LogP contribution in [-0.4, -0.2) is 37.3 Å². The Bertz CT molecular complexity index is 1730. The van der Waals surface area contributed by atoms with Crippen molar-refractivity contribution in [3.8, 4) is 28.4 Å². The fourth-order valence-electron chi connectivity index (χ4n) is 4.26. The molecule has 2 N–H and O–H groups in total. The number of nitrogens with one attached hydrogen (secondary N) is 2. The molecule has 5 aromatic rings. The molecule has 40 heavy (non-hydrogen) atoms. The summed E-state index contributed by atoms with van der Waals surface area (Å²) in [6.45, 7) is 0. The second-order valence-electron chi connectivity index (χ2n) is 8.59. The predicted molar refractivity (Wildman–Crippen MR) is 155 cm³/mol. The molecule has 0 aliphatic heterocycles. The number of para-hydroxylation sites is 2. The molecule has 8 nitrogen and oxygen atoms in total. The molecule has 0 spiro atoms. The molecule has 1 heterocycles. The van der Waals surface area contributed by atoms with E-state index in [2.05, 4.69) is 15.5 Å². The average Bonchev–Trinajstić information content (AvgIpc) is 3.38. The maximum atomic E-state index is 13.4. The number of aromatic nitrogens is 1. The lowest BCUT2D eigenvalue weighted by Gasteiger charge is -2.08. The van der Waals surface area contributed by atoms with Gasteiger partial charge in [-0.05, 0) is 48.5 Å². The van der Waals surface area contributed by atoms with Gasteiger partial charge in [0, 0.05) is 27.1 Å². The highest BCUT2D eigenvalue weighted by atomic mass is 35.5. The van der Waals surface area contributed by atoms with Gasteiger partial charge in [-0.3, -0.25) is 4.79 Å². The van der Waals surface area contributed by atoms with Gasteiger partial charge in [0.15, 0.2) is 0 Å². The van der Waals surface area contributed by atoms with E-state index in [1.165, 1.54) is 6.21 Å². The van der Waals surface area contributed by atoms with E-state index in [1.54, 1.807) is 74.9 Å². The number of hydrogen-bond acceptors (Lipinski definition) is 6. The predicted octanol–water partition coefficient (Wildman–Crippen LogP) is 6.49. The van der Waals surface area contributed by atoms with Crippen LogP contribution in [0.5, 0.6) is 17.2 Å². The first-order valence-corrected chi connectivity index (χ1v) is 12.6. The highest BCUT2D eigenvalue weighted by Gasteiger charge is 2.22. The summed E-state index contributed by atoms with van der Waals surface area (Å²) in [4.78, 5) is 29.2. The van der Waals surface area contributed by atoms with Gasteiger partial charge in [0.05, 0.1) is 31.5 Å². The summed E-state index contributed by atoms with van der Waals surface area (Å²) in [5.41, 5.74) is 5.66. The van der Waals surface area contributed by atoms with Gasteiger partial charge in [0.2, 0.25) is 0 Å². The van der Waals surface area contributed by atoms with E-state index in [0.717, 1.165) is 5.39 Å². The average molecular weight is 554 g/mol. The van der Waals surface area contributed by atoms with E-state index in [1.807, 2.05) is 30.3 Å². The Labute approximate surface area is 235 Å². The van der Waals surface area contributed by atoms with Gasteiger partial charge in [0.25, 0.3) is 5.91 Å². The molecular weight excluding hydrogens is 530 g/mol. The van der Waals surface area contributed by atoms with Crippen LogP contribution in [0.3, 0.4) is 0 Å². The lowest BCUT2D eigenvalue weighted by molar-refractivity contribution is 0.0734. The Hall–Kier alpha value is -5.08. The van der Waals surface area contributed by atoms with Crippen LogP contribution in [0.25, 0.3) is 22.0 Å². The van der Waals surface area contributed by atoms with Gasteiger partial charge in [-0.25, -0.2) is 10.2 Å². The number of benzene rings is 4. The number of amides is 1. The minimum Gasteiger partial charge on any atom is -0.497 e. The maximum absolute atomic E-state index is 13.4. The maximum Gasteiger partial charge on any atom is 0.343 e. The number of carbonyl (C=O) groups is 2. The largest absolute Gasteiger partial charge is 0.497 e. The first-order chi connectivity index (χ1) is 19.5. The summed E-state index contributed by atoms with van der Waals surface area (Å²) in [6.07, 6.45) is 1.41. The normalized spacial score (nSPS) is 11.0. The third-order valence-corrected chi connectivity index (χ3v) is 6.53. The number of carbonyl (C=O) groups excluding carboxylic acids is 2. The molecular formula is C31H24ClN3O5. The number of hydrogen-bond donors (Lipinski definition) is 2. The van der Waals surface area contributed by atoms with Crippen LogP contribution < -0.4 is 19.6 Å². The topological polar surface area (TPSA) is 102 Å². The molecule has 0 aliphatic rings. The van der Waals surface area contributed by atoms with Crippen molar-refractivity contribution in [2.45, 2.75) is 0 Å². The van der Waals surface area contributed by atoms with Crippen LogP contribution >= 0.6 is 11.6 Å². The van der Waals surface area contributed by atoms with Crippen molar-refractivity contribution in [1.82, 2.24) is 10.4 Å². The van der Waals surface area contributed by atoms with Crippen LogP contribution in [0.1, 0.15) is 26.4 Å². The second-order valence-corrected chi connectivity index (χ2v) is 9.00. The van der Waals surface area contributed by atoms with Crippen molar-refractivity contribution in [2.24, 2.45) is 5.10 Å². The van der Waals surface area contributed by atoms with E-state index >= 15 is 0 Å². The van der Waals surface area contributed by atoms with Crippen LogP contribution in [0.15, 0.2) is 96.1 Å². The summed E-state index contributed by atoms with van der Waals surface area (Å²) in [6, 6.07) is 26.3. The standard InChI is InChI=1S/C31H24ClN3O5/c1-38-21-16-14-19(15-17-21)31(37)40-25-12-6-3-8-20(25)18-33-35-30(36)29-27(22-9-4-5-11-24(22)32)23-10-7-13-26(39-2)28(23)34-29/h3-18,34H,1-2H3,(H,35,36). The van der Waals surface area contributed by atoms with Gasteiger partial charge >= 0.3 is 5.97 Å². The molecule has 0 radical (unpaired) electrons. The van der Waals surface area contributed by atoms with Gasteiger partial charge in [-0.2, -0.15) is 5.10 Å². The van der Waals surface area contributed by atoms with Crippen molar-refractivity contribution in [1.29, 1.82) is 0 Å². The Kier molecular flexibility index (Phi) is 7.80. The van der Waals surface area contributed by atoms with Crippen molar-refractivity contribution in [3.63, 3.8) is 0 Å². The summed E-state index contributed by atoms with van der Waals surface area (Å²) >= 11 is 6.51. The molecule has 9 heteroatoms. The molecule has 4 aromatic carbocycles. The zero-order chi connectivity index (χ0) is 28.1. The van der Waals surface area contributed by atoms with Gasteiger partial charge in [-0.15, -0.1) is 0 Å². The zero-order valence-corrected chi connectivity index (χ0v) is 22.4. The minimum absolute atomic E-state index is 0.268. The SMILES string of the molecule is COc1ccc(C(=O)Oc2ccccc2C=NNC(=O)c2[nH]c3c(OC)cccc3c2-c2ccccc2Cl)cc1. The molecule has 0 fully saturated rings. The summed E-state index contributed by atoms with van der Waals surface area (Å²) < 4.78 is 16.2. The highest BCUT2D eigenvalue weighted by molar-refractivity contribution is 6.34. The lowest BCUT2D eigenvalue weighted by Crippen LogP contribution is -2.19. The van der Waals surface area contributed by atoms with Crippen LogP contribution in [0.2, 0.25) is 5.02 Å². The van der Waals surface area contributed by atoms with Gasteiger partial charge in [-0.1, -0.05) is 54.1 Å². The summed E-state index contributed by atoms with van der Waals surface area (Å²) in [5.74, 6) is 0.474. The number of aromatic amines is 1. The number of fused-ring (bicyclic) bond motifs is 1. The second kappa shape index (κ2) is 11.8. The van der Waals surface area contributed by atoms with E-state index in [9.17, 15) is 9.59 Å².